The van der Waals surface area contributed by atoms with Gasteiger partial charge < -0.3 is 0 Å². The Balaban J connectivity index is 1.96. The molecule has 1 aromatic carbocycles. The van der Waals surface area contributed by atoms with Crippen molar-refractivity contribution in [2.75, 3.05) is 6.54 Å². The fourth-order valence-corrected chi connectivity index (χ4v) is 6.68. The number of sulfonamides is 1. The summed E-state index contributed by atoms with van der Waals surface area (Å²) < 4.78 is 28.4. The predicted octanol–water partition coefficient (Wildman–Crippen LogP) is 4.14. The fourth-order valence-electron chi connectivity index (χ4n) is 3.67. The van der Waals surface area contributed by atoms with Crippen LogP contribution < -0.4 is 0 Å². The van der Waals surface area contributed by atoms with E-state index < -0.39 is 10.0 Å². The van der Waals surface area contributed by atoms with E-state index in [9.17, 15) is 8.42 Å². The Kier molecular flexibility index (Phi) is 4.65. The molecule has 0 spiro atoms. The molecular formula is C15H19BrClNO2S. The van der Waals surface area contributed by atoms with Gasteiger partial charge in [0.2, 0.25) is 10.0 Å². The van der Waals surface area contributed by atoms with Gasteiger partial charge in [-0.1, -0.05) is 12.5 Å². The molecule has 1 aliphatic carbocycles. The van der Waals surface area contributed by atoms with Crippen molar-refractivity contribution in [3.8, 4) is 0 Å². The molecule has 6 heteroatoms. The molecule has 2 atom stereocenters. The van der Waals surface area contributed by atoms with Gasteiger partial charge in [-0.25, -0.2) is 8.42 Å². The Morgan fingerprint density at radius 1 is 1.24 bits per heavy atom. The molecule has 21 heavy (non-hydrogen) atoms. The lowest BCUT2D eigenvalue weighted by Gasteiger charge is -2.36. The molecule has 0 aromatic heterocycles. The zero-order chi connectivity index (χ0) is 15.0. The summed E-state index contributed by atoms with van der Waals surface area (Å²) in [4.78, 5) is 0.365. The molecular weight excluding hydrogens is 374 g/mol. The van der Waals surface area contributed by atoms with Gasteiger partial charge in [-0.3, -0.25) is 0 Å². The van der Waals surface area contributed by atoms with Crippen LogP contribution in [0.4, 0.5) is 0 Å². The predicted molar refractivity (Wildman–Crippen MR) is 88.0 cm³/mol. The first-order chi connectivity index (χ1) is 10.0. The summed E-state index contributed by atoms with van der Waals surface area (Å²) in [6.45, 7) is 0.646. The number of rotatable bonds is 3. The Morgan fingerprint density at radius 2 is 2.00 bits per heavy atom. The van der Waals surface area contributed by atoms with E-state index in [0.717, 1.165) is 24.8 Å². The lowest BCUT2D eigenvalue weighted by atomic mass is 9.94. The summed E-state index contributed by atoms with van der Waals surface area (Å²) in [7, 11) is -3.43. The van der Waals surface area contributed by atoms with E-state index in [-0.39, 0.29) is 6.04 Å². The van der Waals surface area contributed by atoms with Gasteiger partial charge >= 0.3 is 0 Å². The van der Waals surface area contributed by atoms with Crippen molar-refractivity contribution in [3.63, 3.8) is 0 Å². The molecule has 3 rings (SSSR count). The van der Waals surface area contributed by atoms with E-state index in [4.69, 9.17) is 11.6 Å². The van der Waals surface area contributed by atoms with Crippen LogP contribution in [-0.4, -0.2) is 25.3 Å². The number of benzene rings is 1. The van der Waals surface area contributed by atoms with E-state index in [0.29, 0.717) is 27.7 Å². The highest BCUT2D eigenvalue weighted by Gasteiger charge is 2.41. The second kappa shape index (κ2) is 6.19. The third-order valence-corrected chi connectivity index (χ3v) is 7.89. The monoisotopic (exact) mass is 391 g/mol. The fraction of sp³-hybridized carbons (Fsp3) is 0.600. The molecule has 1 aromatic rings. The topological polar surface area (TPSA) is 37.4 Å². The lowest BCUT2D eigenvalue weighted by Crippen LogP contribution is -2.46. The third kappa shape index (κ3) is 2.90. The first-order valence-corrected chi connectivity index (χ1v) is 10.2. The average molecular weight is 393 g/mol. The number of halogens is 2. The van der Waals surface area contributed by atoms with Crippen LogP contribution in [0.15, 0.2) is 27.6 Å². The van der Waals surface area contributed by atoms with Crippen molar-refractivity contribution in [1.29, 1.82) is 0 Å². The van der Waals surface area contributed by atoms with Crippen molar-refractivity contribution >= 4 is 37.6 Å². The SMILES string of the molecule is O=S(=O)(c1ccc(CCl)cc1Br)N1CCCC2CCCC21. The first-order valence-electron chi connectivity index (χ1n) is 7.40. The molecule has 0 amide bonds. The standard InChI is InChI=1S/C15H19BrClNO2S/c16-13-9-11(10-17)6-7-15(13)21(19,20)18-8-2-4-12-3-1-5-14(12)18/h6-7,9,12,14H,1-5,8,10H2. The van der Waals surface area contributed by atoms with Crippen LogP contribution in [0.25, 0.3) is 0 Å². The molecule has 0 radical (unpaired) electrons. The van der Waals surface area contributed by atoms with Gasteiger partial charge in [-0.05, 0) is 65.2 Å². The van der Waals surface area contributed by atoms with Gasteiger partial charge in [-0.15, -0.1) is 11.6 Å². The molecule has 2 fully saturated rings. The van der Waals surface area contributed by atoms with Crippen LogP contribution in [-0.2, 0) is 15.9 Å². The maximum atomic E-state index is 13.0. The zero-order valence-electron chi connectivity index (χ0n) is 11.8. The maximum Gasteiger partial charge on any atom is 0.244 e. The maximum absolute atomic E-state index is 13.0. The molecule has 1 saturated carbocycles. The number of hydrogen-bond acceptors (Lipinski definition) is 2. The molecule has 0 N–H and O–H groups in total. The van der Waals surface area contributed by atoms with E-state index in [2.05, 4.69) is 15.9 Å². The molecule has 1 heterocycles. The van der Waals surface area contributed by atoms with E-state index in [1.165, 1.54) is 12.8 Å². The molecule has 116 valence electrons. The minimum Gasteiger partial charge on any atom is -0.207 e. The van der Waals surface area contributed by atoms with Crippen LogP contribution in [0.3, 0.4) is 0 Å². The van der Waals surface area contributed by atoms with Gasteiger partial charge in [0.25, 0.3) is 0 Å². The minimum atomic E-state index is -3.43. The Labute approximate surface area is 139 Å². The number of hydrogen-bond donors (Lipinski definition) is 0. The normalized spacial score (nSPS) is 26.8. The lowest BCUT2D eigenvalue weighted by molar-refractivity contribution is 0.202. The van der Waals surface area contributed by atoms with Crippen LogP contribution >= 0.6 is 27.5 Å². The first kappa shape index (κ1) is 15.8. The summed E-state index contributed by atoms with van der Waals surface area (Å²) in [5.41, 5.74) is 0.917. The summed E-state index contributed by atoms with van der Waals surface area (Å²) in [6.07, 6.45) is 5.46. The highest BCUT2D eigenvalue weighted by molar-refractivity contribution is 9.10. The second-order valence-corrected chi connectivity index (χ2v) is 8.90. The largest absolute Gasteiger partial charge is 0.244 e. The van der Waals surface area contributed by atoms with Gasteiger partial charge in [0, 0.05) is 22.9 Å². The molecule has 1 aliphatic heterocycles. The molecule has 3 nitrogen and oxygen atoms in total. The van der Waals surface area contributed by atoms with Crippen molar-refractivity contribution in [3.05, 3.63) is 28.2 Å². The molecule has 0 bridgehead atoms. The molecule has 2 aliphatic rings. The molecule has 2 unspecified atom stereocenters. The van der Waals surface area contributed by atoms with E-state index in [1.807, 2.05) is 0 Å². The van der Waals surface area contributed by atoms with Gasteiger partial charge in [0.15, 0.2) is 0 Å². The number of alkyl halides is 1. The highest BCUT2D eigenvalue weighted by atomic mass is 79.9. The van der Waals surface area contributed by atoms with Gasteiger partial charge in [0.05, 0.1) is 4.90 Å². The Hall–Kier alpha value is -0.100. The van der Waals surface area contributed by atoms with Crippen LogP contribution in [0.2, 0.25) is 0 Å². The number of nitrogens with zero attached hydrogens (tertiary/aromatic N) is 1. The number of piperidine rings is 1. The second-order valence-electron chi connectivity index (χ2n) is 5.91. The van der Waals surface area contributed by atoms with Crippen molar-refractivity contribution in [2.24, 2.45) is 5.92 Å². The smallest absolute Gasteiger partial charge is 0.207 e. The third-order valence-electron chi connectivity index (χ3n) is 4.68. The zero-order valence-corrected chi connectivity index (χ0v) is 14.9. The summed E-state index contributed by atoms with van der Waals surface area (Å²) in [5, 5.41) is 0. The van der Waals surface area contributed by atoms with E-state index >= 15 is 0 Å². The van der Waals surface area contributed by atoms with Crippen LogP contribution in [0, 0.1) is 5.92 Å². The minimum absolute atomic E-state index is 0.198. The summed E-state index contributed by atoms with van der Waals surface area (Å²) in [5.74, 6) is 0.933. The van der Waals surface area contributed by atoms with Crippen molar-refractivity contribution < 1.29 is 8.42 Å². The van der Waals surface area contributed by atoms with Crippen molar-refractivity contribution in [1.82, 2.24) is 4.31 Å². The van der Waals surface area contributed by atoms with Gasteiger partial charge in [-0.2, -0.15) is 4.31 Å². The Bertz CT molecular complexity index is 635. The summed E-state index contributed by atoms with van der Waals surface area (Å²) >= 11 is 9.20. The highest BCUT2D eigenvalue weighted by Crippen LogP contribution is 2.40. The Morgan fingerprint density at radius 3 is 2.71 bits per heavy atom. The van der Waals surface area contributed by atoms with Gasteiger partial charge in [0.1, 0.15) is 0 Å². The average Bonchev–Trinajstić information content (AvgIpc) is 2.94. The van der Waals surface area contributed by atoms with Crippen LogP contribution in [0.1, 0.15) is 37.7 Å². The quantitative estimate of drug-likeness (QED) is 0.725. The van der Waals surface area contributed by atoms with E-state index in [1.54, 1.807) is 22.5 Å². The number of fused-ring (bicyclic) bond motifs is 1. The van der Waals surface area contributed by atoms with Crippen molar-refractivity contribution in [2.45, 2.75) is 48.9 Å². The summed E-state index contributed by atoms with van der Waals surface area (Å²) in [6, 6.07) is 5.47. The molecule has 1 saturated heterocycles. The van der Waals surface area contributed by atoms with Crippen LogP contribution in [0.5, 0.6) is 0 Å².